The minimum absolute atomic E-state index is 0.220. The van der Waals surface area contributed by atoms with Gasteiger partial charge in [-0.25, -0.2) is 0 Å². The summed E-state index contributed by atoms with van der Waals surface area (Å²) in [5, 5.41) is 11.0. The highest BCUT2D eigenvalue weighted by molar-refractivity contribution is 5.50. The van der Waals surface area contributed by atoms with E-state index in [1.165, 1.54) is 0 Å². The lowest BCUT2D eigenvalue weighted by atomic mass is 10.2. The molecule has 0 amide bonds. The van der Waals surface area contributed by atoms with Gasteiger partial charge in [-0.05, 0) is 44.6 Å². The van der Waals surface area contributed by atoms with Crippen LogP contribution in [-0.4, -0.2) is 11.2 Å². The molecule has 141 valence electrons. The number of nitrogens with zero attached hydrogens (tertiary/aromatic N) is 1. The fourth-order valence-electron chi connectivity index (χ4n) is 1.98. The molecule has 0 aromatic rings. The van der Waals surface area contributed by atoms with Crippen LogP contribution in [0.2, 0.25) is 0 Å². The molecule has 0 atom stereocenters. The van der Waals surface area contributed by atoms with Crippen LogP contribution in [0, 0.1) is 10.1 Å². The van der Waals surface area contributed by atoms with E-state index in [1.807, 2.05) is 42.7 Å². The molecule has 0 N–H and O–H groups in total. The Labute approximate surface area is 157 Å². The molecule has 0 aliphatic carbocycles. The maximum Gasteiger partial charge on any atom is 0.246 e. The van der Waals surface area contributed by atoms with Gasteiger partial charge in [0.1, 0.15) is 0 Å². The molecule has 0 unspecified atom stereocenters. The monoisotopic (exact) mass is 356 g/mol. The topological polar surface area (TPSA) is 60.2 Å². The van der Waals surface area contributed by atoms with Crippen LogP contribution in [0.1, 0.15) is 58.3 Å². The molecule has 1 radical (unpaired) electrons. The molecule has 26 heavy (non-hydrogen) atoms. The quantitative estimate of drug-likeness (QED) is 0.152. The number of rotatable bonds is 15. The Hall–Kier alpha value is -2.49. The van der Waals surface area contributed by atoms with Crippen LogP contribution in [-0.2, 0) is 4.79 Å². The molecule has 0 bridgehead atoms. The molecular formula is C22H30NO3. The summed E-state index contributed by atoms with van der Waals surface area (Å²) in [6.45, 7) is 2.10. The molecule has 0 fully saturated rings. The molecule has 0 aromatic heterocycles. The minimum atomic E-state index is -0.320. The normalized spacial score (nSPS) is 13.2. The van der Waals surface area contributed by atoms with Gasteiger partial charge >= 0.3 is 0 Å². The van der Waals surface area contributed by atoms with Crippen molar-refractivity contribution in [2.75, 3.05) is 0 Å². The highest BCUT2D eigenvalue weighted by Gasteiger charge is 2.06. The molecule has 4 nitrogen and oxygen atoms in total. The van der Waals surface area contributed by atoms with E-state index >= 15 is 0 Å². The average molecular weight is 356 g/mol. The van der Waals surface area contributed by atoms with Gasteiger partial charge in [0, 0.05) is 6.42 Å². The zero-order valence-corrected chi connectivity index (χ0v) is 15.7. The van der Waals surface area contributed by atoms with Gasteiger partial charge < -0.3 is 0 Å². The van der Waals surface area contributed by atoms with Crippen molar-refractivity contribution in [1.29, 1.82) is 0 Å². The number of unbranched alkanes of at least 4 members (excludes halogenated alkanes) is 1. The van der Waals surface area contributed by atoms with Gasteiger partial charge in [0.05, 0.1) is 11.3 Å². The van der Waals surface area contributed by atoms with Crippen LogP contribution in [0.15, 0.2) is 72.5 Å². The summed E-state index contributed by atoms with van der Waals surface area (Å²) in [5.41, 5.74) is 0.220. The van der Waals surface area contributed by atoms with Crippen molar-refractivity contribution in [2.24, 2.45) is 0 Å². The highest BCUT2D eigenvalue weighted by atomic mass is 16.6. The van der Waals surface area contributed by atoms with E-state index < -0.39 is 0 Å². The van der Waals surface area contributed by atoms with Gasteiger partial charge in [0.2, 0.25) is 5.70 Å². The van der Waals surface area contributed by atoms with Crippen molar-refractivity contribution in [3.05, 3.63) is 82.6 Å². The summed E-state index contributed by atoms with van der Waals surface area (Å²) >= 11 is 0. The Morgan fingerprint density at radius 3 is 1.96 bits per heavy atom. The fourth-order valence-corrected chi connectivity index (χ4v) is 1.98. The van der Waals surface area contributed by atoms with Crippen LogP contribution in [0.5, 0.6) is 0 Å². The lowest BCUT2D eigenvalue weighted by Gasteiger charge is -1.93. The summed E-state index contributed by atoms with van der Waals surface area (Å²) in [6.07, 6.45) is 29.0. The summed E-state index contributed by atoms with van der Waals surface area (Å²) in [5.74, 6) is 0. The van der Waals surface area contributed by atoms with E-state index in [-0.39, 0.29) is 10.6 Å². The predicted molar refractivity (Wildman–Crippen MR) is 109 cm³/mol. The van der Waals surface area contributed by atoms with Gasteiger partial charge in [-0.2, -0.15) is 0 Å². The zero-order chi connectivity index (χ0) is 19.3. The van der Waals surface area contributed by atoms with Crippen LogP contribution in [0.3, 0.4) is 0 Å². The SMILES string of the molecule is CC/C=C\C/C=C\C/C=C\C/C(=C\C/C=C\C/C=C\CC[C]=O)[N+](=O)[O-]. The smallest absolute Gasteiger partial charge is 0.246 e. The molecule has 0 aliphatic heterocycles. The number of nitro groups is 1. The second-order valence-corrected chi connectivity index (χ2v) is 5.55. The fraction of sp³-hybridized carbons (Fsp3) is 0.409. The van der Waals surface area contributed by atoms with Gasteiger partial charge in [-0.3, -0.25) is 14.9 Å². The first-order valence-electron chi connectivity index (χ1n) is 9.15. The Bertz CT molecular complexity index is 552. The Balaban J connectivity index is 4.11. The number of allylic oxidation sites excluding steroid dienone is 11. The first-order chi connectivity index (χ1) is 12.7. The number of hydrogen-bond donors (Lipinski definition) is 0. The van der Waals surface area contributed by atoms with E-state index in [1.54, 1.807) is 6.08 Å². The third-order valence-electron chi connectivity index (χ3n) is 3.35. The summed E-state index contributed by atoms with van der Waals surface area (Å²) < 4.78 is 0. The minimum Gasteiger partial charge on any atom is -0.291 e. The van der Waals surface area contributed by atoms with Gasteiger partial charge in [-0.1, -0.05) is 67.7 Å². The van der Waals surface area contributed by atoms with Gasteiger partial charge in [0.25, 0.3) is 0 Å². The first-order valence-corrected chi connectivity index (χ1v) is 9.15. The average Bonchev–Trinajstić information content (AvgIpc) is 2.63. The Kier molecular flexibility index (Phi) is 17.0. The van der Waals surface area contributed by atoms with E-state index in [0.717, 1.165) is 25.7 Å². The molecule has 0 saturated heterocycles. The molecule has 0 rings (SSSR count). The molecule has 0 heterocycles. The second kappa shape index (κ2) is 18.8. The lowest BCUT2D eigenvalue weighted by molar-refractivity contribution is -0.427. The lowest BCUT2D eigenvalue weighted by Crippen LogP contribution is -1.97. The van der Waals surface area contributed by atoms with Crippen molar-refractivity contribution in [1.82, 2.24) is 0 Å². The van der Waals surface area contributed by atoms with Crippen molar-refractivity contribution >= 4 is 6.29 Å². The molecular weight excluding hydrogens is 326 g/mol. The van der Waals surface area contributed by atoms with E-state index in [2.05, 4.69) is 31.2 Å². The van der Waals surface area contributed by atoms with Gasteiger partial charge in [0.15, 0.2) is 6.29 Å². The van der Waals surface area contributed by atoms with E-state index in [4.69, 9.17) is 0 Å². The van der Waals surface area contributed by atoms with E-state index in [0.29, 0.717) is 25.7 Å². The molecule has 0 saturated carbocycles. The van der Waals surface area contributed by atoms with Crippen molar-refractivity contribution in [3.8, 4) is 0 Å². The van der Waals surface area contributed by atoms with Crippen molar-refractivity contribution < 1.29 is 9.72 Å². The molecule has 0 aromatic carbocycles. The molecule has 0 spiro atoms. The maximum absolute atomic E-state index is 11.0. The molecule has 4 heteroatoms. The number of carbonyl (C=O) groups excluding carboxylic acids is 1. The third-order valence-corrected chi connectivity index (χ3v) is 3.35. The Morgan fingerprint density at radius 1 is 0.846 bits per heavy atom. The summed E-state index contributed by atoms with van der Waals surface area (Å²) in [6, 6.07) is 0. The summed E-state index contributed by atoms with van der Waals surface area (Å²) in [7, 11) is 0. The van der Waals surface area contributed by atoms with Crippen LogP contribution < -0.4 is 0 Å². The maximum atomic E-state index is 11.0. The van der Waals surface area contributed by atoms with Gasteiger partial charge in [-0.15, -0.1) is 0 Å². The number of hydrogen-bond acceptors (Lipinski definition) is 3. The van der Waals surface area contributed by atoms with Crippen LogP contribution in [0.4, 0.5) is 0 Å². The summed E-state index contributed by atoms with van der Waals surface area (Å²) in [4.78, 5) is 20.8. The third kappa shape index (κ3) is 16.4. The van der Waals surface area contributed by atoms with Crippen LogP contribution >= 0.6 is 0 Å². The standard InChI is InChI=1S/C22H30NO3/c1-2-3-4-5-6-7-10-13-16-19-22(23(25)26)20-17-14-11-8-9-12-15-18-21-24/h3-4,6-7,9,11-14,16,20H,2,5,8,10,15,17-19H2,1H3/b4-3-,7-6-,12-9-,14-11-,16-13-,22-20+. The van der Waals surface area contributed by atoms with Crippen molar-refractivity contribution in [3.63, 3.8) is 0 Å². The highest BCUT2D eigenvalue weighted by Crippen LogP contribution is 2.06. The Morgan fingerprint density at radius 2 is 1.38 bits per heavy atom. The zero-order valence-electron chi connectivity index (χ0n) is 15.7. The molecule has 0 aliphatic rings. The largest absolute Gasteiger partial charge is 0.291 e. The first kappa shape index (κ1) is 23.5. The van der Waals surface area contributed by atoms with E-state index in [9.17, 15) is 14.9 Å². The van der Waals surface area contributed by atoms with Crippen LogP contribution in [0.25, 0.3) is 0 Å². The second-order valence-electron chi connectivity index (χ2n) is 5.55. The predicted octanol–water partition coefficient (Wildman–Crippen LogP) is 6.18. The van der Waals surface area contributed by atoms with Crippen molar-refractivity contribution in [2.45, 2.75) is 58.3 Å².